The van der Waals surface area contributed by atoms with E-state index in [1.807, 2.05) is 6.92 Å². The van der Waals surface area contributed by atoms with Gasteiger partial charge in [0.1, 0.15) is 5.60 Å². The van der Waals surface area contributed by atoms with E-state index in [4.69, 9.17) is 15.6 Å². The number of rotatable bonds is 5. The molecule has 0 atom stereocenters. The quantitative estimate of drug-likeness (QED) is 0.663. The summed E-state index contributed by atoms with van der Waals surface area (Å²) in [5.41, 5.74) is 1.21. The third-order valence-corrected chi connectivity index (χ3v) is 4.46. The fourth-order valence-electron chi connectivity index (χ4n) is 2.80. The Balaban J connectivity index is 1.76. The molecule has 2 aromatic rings. The number of hydrogen-bond donors (Lipinski definition) is 1. The Bertz CT molecular complexity index is 826. The van der Waals surface area contributed by atoms with Crippen molar-refractivity contribution in [3.8, 4) is 12.3 Å². The lowest BCUT2D eigenvalue weighted by molar-refractivity contribution is -0.0587. The summed E-state index contributed by atoms with van der Waals surface area (Å²) in [7, 11) is 0. The molecule has 1 N–H and O–H groups in total. The maximum absolute atomic E-state index is 12.5. The van der Waals surface area contributed by atoms with Crippen molar-refractivity contribution in [2.45, 2.75) is 38.2 Å². The fourth-order valence-corrected chi connectivity index (χ4v) is 2.80. The molecule has 0 unspecified atom stereocenters. The van der Waals surface area contributed by atoms with E-state index in [9.17, 15) is 9.59 Å². The Morgan fingerprint density at radius 2 is 2.16 bits per heavy atom. The second-order valence-electron chi connectivity index (χ2n) is 6.27. The zero-order valence-corrected chi connectivity index (χ0v) is 14.0. The Labute approximate surface area is 146 Å². The van der Waals surface area contributed by atoms with E-state index in [1.165, 1.54) is 6.26 Å². The fraction of sp³-hybridized carbons (Fsp3) is 0.300. The van der Waals surface area contributed by atoms with Gasteiger partial charge in [-0.15, -0.1) is 12.3 Å². The van der Waals surface area contributed by atoms with Gasteiger partial charge >= 0.3 is 5.97 Å². The van der Waals surface area contributed by atoms with E-state index >= 15 is 0 Å². The van der Waals surface area contributed by atoms with Gasteiger partial charge < -0.3 is 14.5 Å². The molecule has 5 heteroatoms. The maximum Gasteiger partial charge on any atom is 0.338 e. The predicted molar refractivity (Wildman–Crippen MR) is 93.3 cm³/mol. The first-order valence-corrected chi connectivity index (χ1v) is 8.15. The SMILES string of the molecule is C#CCC1(OC(=O)c2ccc(C)c(NC(=O)c3ccco3)c2)CCC1. The van der Waals surface area contributed by atoms with Crippen molar-refractivity contribution in [2.24, 2.45) is 0 Å². The lowest BCUT2D eigenvalue weighted by Gasteiger charge is -2.39. The largest absolute Gasteiger partial charge is 0.459 e. The predicted octanol–water partition coefficient (Wildman–Crippen LogP) is 3.94. The number of carbonyl (C=O) groups is 2. The van der Waals surface area contributed by atoms with Crippen molar-refractivity contribution in [1.82, 2.24) is 0 Å². The average Bonchev–Trinajstić information content (AvgIpc) is 3.09. The van der Waals surface area contributed by atoms with Crippen LogP contribution in [0.3, 0.4) is 0 Å². The van der Waals surface area contributed by atoms with Crippen LogP contribution in [0.15, 0.2) is 41.0 Å². The van der Waals surface area contributed by atoms with E-state index in [0.29, 0.717) is 17.7 Å². The minimum absolute atomic E-state index is 0.204. The number of anilines is 1. The molecule has 25 heavy (non-hydrogen) atoms. The molecule has 1 aromatic carbocycles. The van der Waals surface area contributed by atoms with E-state index in [-0.39, 0.29) is 11.7 Å². The zero-order valence-electron chi connectivity index (χ0n) is 14.0. The highest BCUT2D eigenvalue weighted by Gasteiger charge is 2.40. The normalized spacial score (nSPS) is 14.9. The molecule has 0 bridgehead atoms. The third kappa shape index (κ3) is 3.58. The number of ether oxygens (including phenoxy) is 1. The Morgan fingerprint density at radius 1 is 1.36 bits per heavy atom. The molecular formula is C20H19NO4. The van der Waals surface area contributed by atoms with Crippen LogP contribution in [-0.4, -0.2) is 17.5 Å². The topological polar surface area (TPSA) is 68.5 Å². The monoisotopic (exact) mass is 337 g/mol. The highest BCUT2D eigenvalue weighted by Crippen LogP contribution is 2.39. The molecular weight excluding hydrogens is 318 g/mol. The molecule has 0 radical (unpaired) electrons. The van der Waals surface area contributed by atoms with Gasteiger partial charge in [0.05, 0.1) is 11.8 Å². The Hall–Kier alpha value is -3.00. The van der Waals surface area contributed by atoms with Gasteiger partial charge in [0.25, 0.3) is 5.91 Å². The van der Waals surface area contributed by atoms with Crippen LogP contribution in [0.2, 0.25) is 0 Å². The molecule has 1 heterocycles. The van der Waals surface area contributed by atoms with E-state index < -0.39 is 11.6 Å². The van der Waals surface area contributed by atoms with Crippen molar-refractivity contribution in [3.05, 3.63) is 53.5 Å². The molecule has 0 spiro atoms. The number of nitrogens with one attached hydrogen (secondary N) is 1. The summed E-state index contributed by atoms with van der Waals surface area (Å²) in [6, 6.07) is 8.27. The van der Waals surface area contributed by atoms with Gasteiger partial charge in [0, 0.05) is 12.1 Å². The molecule has 1 aliphatic rings. The van der Waals surface area contributed by atoms with Crippen molar-refractivity contribution in [2.75, 3.05) is 5.32 Å². The van der Waals surface area contributed by atoms with E-state index in [1.54, 1.807) is 30.3 Å². The van der Waals surface area contributed by atoms with Gasteiger partial charge in [-0.1, -0.05) is 6.07 Å². The van der Waals surface area contributed by atoms with Crippen LogP contribution in [-0.2, 0) is 4.74 Å². The summed E-state index contributed by atoms with van der Waals surface area (Å²) < 4.78 is 10.7. The first kappa shape index (κ1) is 16.8. The average molecular weight is 337 g/mol. The molecule has 1 saturated carbocycles. The minimum atomic E-state index is -0.533. The number of hydrogen-bond acceptors (Lipinski definition) is 4. The molecule has 128 valence electrons. The minimum Gasteiger partial charge on any atom is -0.459 e. The number of furan rings is 1. The highest BCUT2D eigenvalue weighted by atomic mass is 16.6. The number of amides is 1. The summed E-state index contributed by atoms with van der Waals surface area (Å²) in [5, 5.41) is 2.75. The summed E-state index contributed by atoms with van der Waals surface area (Å²) >= 11 is 0. The van der Waals surface area contributed by atoms with Gasteiger partial charge in [-0.05, 0) is 56.0 Å². The molecule has 1 fully saturated rings. The number of benzene rings is 1. The van der Waals surface area contributed by atoms with Crippen molar-refractivity contribution >= 4 is 17.6 Å². The number of aryl methyl sites for hydroxylation is 1. The van der Waals surface area contributed by atoms with E-state index in [2.05, 4.69) is 11.2 Å². The van der Waals surface area contributed by atoms with Crippen LogP contribution in [0.25, 0.3) is 0 Å². The molecule has 3 rings (SSSR count). The number of esters is 1. The Morgan fingerprint density at radius 3 is 2.76 bits per heavy atom. The molecule has 0 aliphatic heterocycles. The third-order valence-electron chi connectivity index (χ3n) is 4.46. The van der Waals surface area contributed by atoms with Crippen molar-refractivity contribution < 1.29 is 18.7 Å². The summed E-state index contributed by atoms with van der Waals surface area (Å²) in [6.07, 6.45) is 9.82. The molecule has 5 nitrogen and oxygen atoms in total. The standard InChI is InChI=1S/C20H19NO4/c1-3-9-20(10-5-11-20)25-19(23)15-8-7-14(2)16(13-15)21-18(22)17-6-4-12-24-17/h1,4,6-8,12-13H,5,9-11H2,2H3,(H,21,22). The van der Waals surface area contributed by atoms with Crippen LogP contribution in [0.1, 0.15) is 52.2 Å². The maximum atomic E-state index is 12.5. The van der Waals surface area contributed by atoms with Crippen LogP contribution in [0.4, 0.5) is 5.69 Å². The lowest BCUT2D eigenvalue weighted by Crippen LogP contribution is -2.41. The molecule has 1 amide bonds. The summed E-state index contributed by atoms with van der Waals surface area (Å²) in [6.45, 7) is 1.85. The van der Waals surface area contributed by atoms with Gasteiger partial charge in [-0.3, -0.25) is 4.79 Å². The van der Waals surface area contributed by atoms with Crippen molar-refractivity contribution in [3.63, 3.8) is 0 Å². The van der Waals surface area contributed by atoms with Crippen LogP contribution in [0.5, 0.6) is 0 Å². The Kier molecular flexibility index (Phi) is 4.62. The highest BCUT2D eigenvalue weighted by molar-refractivity contribution is 6.03. The first-order chi connectivity index (χ1) is 12.0. The van der Waals surface area contributed by atoms with Crippen LogP contribution < -0.4 is 5.32 Å². The summed E-state index contributed by atoms with van der Waals surface area (Å²) in [4.78, 5) is 24.6. The van der Waals surface area contributed by atoms with Gasteiger partial charge in [0.2, 0.25) is 0 Å². The molecule has 0 saturated heterocycles. The summed E-state index contributed by atoms with van der Waals surface area (Å²) in [5.74, 6) is 1.99. The number of terminal acetylenes is 1. The van der Waals surface area contributed by atoms with Gasteiger partial charge in [0.15, 0.2) is 5.76 Å². The first-order valence-electron chi connectivity index (χ1n) is 8.15. The molecule has 1 aromatic heterocycles. The van der Waals surface area contributed by atoms with Gasteiger partial charge in [-0.2, -0.15) is 0 Å². The van der Waals surface area contributed by atoms with E-state index in [0.717, 1.165) is 24.8 Å². The van der Waals surface area contributed by atoms with Crippen LogP contribution >= 0.6 is 0 Å². The second-order valence-corrected chi connectivity index (χ2v) is 6.27. The second kappa shape index (κ2) is 6.86. The number of carbonyl (C=O) groups excluding carboxylic acids is 2. The smallest absolute Gasteiger partial charge is 0.338 e. The molecule has 1 aliphatic carbocycles. The lowest BCUT2D eigenvalue weighted by atomic mass is 9.77. The van der Waals surface area contributed by atoms with Gasteiger partial charge in [-0.25, -0.2) is 4.79 Å². The van der Waals surface area contributed by atoms with Crippen LogP contribution in [0, 0.1) is 19.3 Å². The van der Waals surface area contributed by atoms with Crippen molar-refractivity contribution in [1.29, 1.82) is 0 Å². The zero-order chi connectivity index (χ0) is 17.9.